The van der Waals surface area contributed by atoms with Crippen LogP contribution < -0.4 is 15.8 Å². The van der Waals surface area contributed by atoms with Gasteiger partial charge in [-0.3, -0.25) is 20.4 Å². The summed E-state index contributed by atoms with van der Waals surface area (Å²) in [6, 6.07) is 7.37. The number of morpholine rings is 1. The fourth-order valence-corrected chi connectivity index (χ4v) is 4.20. The molecule has 1 aliphatic rings. The van der Waals surface area contributed by atoms with Crippen LogP contribution in [-0.4, -0.2) is 52.7 Å². The molecule has 0 atom stereocenters. The van der Waals surface area contributed by atoms with E-state index in [2.05, 4.69) is 25.7 Å². The molecule has 3 aromatic rings. The lowest BCUT2D eigenvalue weighted by Gasteiger charge is -2.25. The average Bonchev–Trinajstić information content (AvgIpc) is 3.38. The molecule has 2 N–H and O–H groups in total. The molecule has 0 aliphatic carbocycles. The zero-order chi connectivity index (χ0) is 21.1. The van der Waals surface area contributed by atoms with E-state index >= 15 is 0 Å². The van der Waals surface area contributed by atoms with Crippen molar-refractivity contribution in [2.45, 2.75) is 13.8 Å². The molecule has 4 heterocycles. The van der Waals surface area contributed by atoms with Crippen LogP contribution in [-0.2, 0) is 4.74 Å². The smallest absolute Gasteiger partial charge is 0.289 e. The first-order chi connectivity index (χ1) is 14.5. The summed E-state index contributed by atoms with van der Waals surface area (Å²) >= 11 is 1.40. The highest BCUT2D eigenvalue weighted by molar-refractivity contribution is 7.13. The van der Waals surface area contributed by atoms with Gasteiger partial charge >= 0.3 is 0 Å². The molecule has 30 heavy (non-hydrogen) atoms. The van der Waals surface area contributed by atoms with Gasteiger partial charge in [-0.25, -0.2) is 9.97 Å². The number of carbonyl (C=O) groups excluding carboxylic acids is 2. The molecule has 3 aromatic heterocycles. The van der Waals surface area contributed by atoms with E-state index in [0.29, 0.717) is 18.8 Å². The average molecular weight is 427 g/mol. The van der Waals surface area contributed by atoms with Crippen LogP contribution in [0.15, 0.2) is 35.8 Å². The predicted octanol–water partition coefficient (Wildman–Crippen LogP) is 1.86. The van der Waals surface area contributed by atoms with Gasteiger partial charge in [0.15, 0.2) is 5.13 Å². The quantitative estimate of drug-likeness (QED) is 0.618. The molecule has 4 rings (SSSR count). The van der Waals surface area contributed by atoms with Crippen molar-refractivity contribution in [3.05, 3.63) is 58.5 Å². The minimum absolute atomic E-state index is 0.265. The lowest BCUT2D eigenvalue weighted by molar-refractivity contribution is 0.0844. The maximum Gasteiger partial charge on any atom is 0.289 e. The van der Waals surface area contributed by atoms with Gasteiger partial charge in [-0.15, -0.1) is 11.3 Å². The number of nitrogens with zero attached hydrogens (tertiary/aromatic N) is 4. The highest BCUT2D eigenvalue weighted by Gasteiger charge is 2.20. The molecular formula is C20H22N6O3S. The minimum atomic E-state index is -0.461. The number of nitrogens with one attached hydrogen (secondary N) is 2. The molecule has 156 valence electrons. The largest absolute Gasteiger partial charge is 0.378 e. The Labute approximate surface area is 177 Å². The maximum absolute atomic E-state index is 12.7. The Bertz CT molecular complexity index is 1060. The molecule has 1 fully saturated rings. The number of hydrazine groups is 1. The van der Waals surface area contributed by atoms with Crippen molar-refractivity contribution in [1.82, 2.24) is 25.4 Å². The van der Waals surface area contributed by atoms with Crippen molar-refractivity contribution in [2.75, 3.05) is 31.2 Å². The van der Waals surface area contributed by atoms with Gasteiger partial charge in [0.2, 0.25) is 0 Å². The summed E-state index contributed by atoms with van der Waals surface area (Å²) in [6.07, 6.45) is 1.70. The Morgan fingerprint density at radius 1 is 1.13 bits per heavy atom. The van der Waals surface area contributed by atoms with E-state index in [0.717, 1.165) is 35.4 Å². The van der Waals surface area contributed by atoms with Gasteiger partial charge in [-0.05, 0) is 32.0 Å². The van der Waals surface area contributed by atoms with E-state index in [1.54, 1.807) is 17.6 Å². The Morgan fingerprint density at radius 3 is 2.63 bits per heavy atom. The van der Waals surface area contributed by atoms with Crippen LogP contribution in [0.3, 0.4) is 0 Å². The van der Waals surface area contributed by atoms with Gasteiger partial charge in [-0.1, -0.05) is 6.07 Å². The van der Waals surface area contributed by atoms with Crippen molar-refractivity contribution < 1.29 is 14.3 Å². The van der Waals surface area contributed by atoms with Gasteiger partial charge in [0, 0.05) is 36.1 Å². The molecule has 9 nitrogen and oxygen atoms in total. The molecule has 0 spiro atoms. The zero-order valence-corrected chi connectivity index (χ0v) is 17.5. The number of amides is 2. The Kier molecular flexibility index (Phi) is 5.77. The van der Waals surface area contributed by atoms with E-state index in [1.165, 1.54) is 11.3 Å². The molecule has 0 bridgehead atoms. The highest BCUT2D eigenvalue weighted by atomic mass is 32.1. The van der Waals surface area contributed by atoms with Crippen LogP contribution in [0.2, 0.25) is 0 Å². The summed E-state index contributed by atoms with van der Waals surface area (Å²) in [4.78, 5) is 35.9. The Morgan fingerprint density at radius 2 is 1.90 bits per heavy atom. The minimum Gasteiger partial charge on any atom is -0.378 e. The second-order valence-corrected chi connectivity index (χ2v) is 7.67. The van der Waals surface area contributed by atoms with Gasteiger partial charge in [-0.2, -0.15) is 0 Å². The molecule has 0 saturated carbocycles. The predicted molar refractivity (Wildman–Crippen MR) is 113 cm³/mol. The normalized spacial score (nSPS) is 13.9. The second-order valence-electron chi connectivity index (χ2n) is 6.83. The molecule has 0 aromatic carbocycles. The number of thiazole rings is 1. The molecule has 2 amide bonds. The maximum atomic E-state index is 12.7. The first-order valence-corrected chi connectivity index (χ1v) is 10.4. The van der Waals surface area contributed by atoms with Crippen molar-refractivity contribution in [1.29, 1.82) is 0 Å². The van der Waals surface area contributed by atoms with Gasteiger partial charge in [0.05, 0.1) is 18.8 Å². The fourth-order valence-electron chi connectivity index (χ4n) is 3.34. The number of hydrogen-bond donors (Lipinski definition) is 2. The van der Waals surface area contributed by atoms with E-state index in [9.17, 15) is 9.59 Å². The molecule has 0 radical (unpaired) electrons. The van der Waals surface area contributed by atoms with E-state index < -0.39 is 11.8 Å². The SMILES string of the molecule is Cc1cc(C(=O)NNC(=O)c2csc(N3CCOCC3)n2)c(C)n1-c1ccccn1. The molecule has 0 unspecified atom stereocenters. The number of ether oxygens (including phenoxy) is 1. The van der Waals surface area contributed by atoms with Crippen LogP contribution >= 0.6 is 11.3 Å². The van der Waals surface area contributed by atoms with Crippen molar-refractivity contribution in [3.8, 4) is 5.82 Å². The third-order valence-electron chi connectivity index (χ3n) is 4.85. The molecular weight excluding hydrogens is 404 g/mol. The summed E-state index contributed by atoms with van der Waals surface area (Å²) in [6.45, 7) is 6.53. The molecule has 10 heteroatoms. The monoisotopic (exact) mass is 426 g/mol. The van der Waals surface area contributed by atoms with Gasteiger partial charge in [0.1, 0.15) is 11.5 Å². The van der Waals surface area contributed by atoms with Gasteiger partial charge in [0.25, 0.3) is 11.8 Å². The third-order valence-corrected chi connectivity index (χ3v) is 5.75. The van der Waals surface area contributed by atoms with E-state index in [-0.39, 0.29) is 5.69 Å². The summed E-state index contributed by atoms with van der Waals surface area (Å²) in [5.74, 6) is -0.131. The number of carbonyl (C=O) groups is 2. The fraction of sp³-hybridized carbons (Fsp3) is 0.300. The Hall–Kier alpha value is -3.24. The van der Waals surface area contributed by atoms with Crippen molar-refractivity contribution in [2.24, 2.45) is 0 Å². The summed E-state index contributed by atoms with van der Waals surface area (Å²) < 4.78 is 7.23. The lowest BCUT2D eigenvalue weighted by Crippen LogP contribution is -2.42. The van der Waals surface area contributed by atoms with Crippen LogP contribution in [0, 0.1) is 13.8 Å². The van der Waals surface area contributed by atoms with Crippen molar-refractivity contribution in [3.63, 3.8) is 0 Å². The van der Waals surface area contributed by atoms with Crippen molar-refractivity contribution >= 4 is 28.3 Å². The van der Waals surface area contributed by atoms with Crippen LogP contribution in [0.5, 0.6) is 0 Å². The zero-order valence-electron chi connectivity index (χ0n) is 16.7. The topological polar surface area (TPSA) is 101 Å². The summed E-state index contributed by atoms with van der Waals surface area (Å²) in [5.41, 5.74) is 7.26. The summed E-state index contributed by atoms with van der Waals surface area (Å²) in [5, 5.41) is 2.45. The third kappa shape index (κ3) is 4.05. The summed E-state index contributed by atoms with van der Waals surface area (Å²) in [7, 11) is 0. The number of aryl methyl sites for hydroxylation is 1. The number of rotatable bonds is 4. The molecule has 1 saturated heterocycles. The van der Waals surface area contributed by atoms with E-state index in [4.69, 9.17) is 4.74 Å². The number of aromatic nitrogens is 3. The second kappa shape index (κ2) is 8.64. The number of hydrogen-bond acceptors (Lipinski definition) is 7. The van der Waals surface area contributed by atoms with Crippen LogP contribution in [0.1, 0.15) is 32.2 Å². The standard InChI is InChI=1S/C20H22N6O3S/c1-13-11-15(14(2)26(13)17-5-3-4-6-21-17)18(27)23-24-19(28)16-12-30-20(22-16)25-7-9-29-10-8-25/h3-6,11-12H,7-10H2,1-2H3,(H,23,27)(H,24,28). The van der Waals surface area contributed by atoms with Gasteiger partial charge < -0.3 is 14.2 Å². The van der Waals surface area contributed by atoms with Crippen LogP contribution in [0.25, 0.3) is 5.82 Å². The highest BCUT2D eigenvalue weighted by Crippen LogP contribution is 2.22. The first-order valence-electron chi connectivity index (χ1n) is 9.54. The van der Waals surface area contributed by atoms with E-state index in [1.807, 2.05) is 36.6 Å². The number of anilines is 1. The lowest BCUT2D eigenvalue weighted by atomic mass is 10.2. The van der Waals surface area contributed by atoms with Crippen LogP contribution in [0.4, 0.5) is 5.13 Å². The molecule has 1 aliphatic heterocycles. The number of pyridine rings is 1. The first kappa shape index (κ1) is 20.0. The Balaban J connectivity index is 1.41.